The smallest absolute Gasteiger partial charge is 0.335 e. The third-order valence-electron chi connectivity index (χ3n) is 5.30. The summed E-state index contributed by atoms with van der Waals surface area (Å²) in [4.78, 5) is 34.5. The number of hydrogen-bond acceptors (Lipinski definition) is 5. The summed E-state index contributed by atoms with van der Waals surface area (Å²) in [7, 11) is -5.43. The van der Waals surface area contributed by atoms with Crippen LogP contribution in [-0.4, -0.2) is 45.7 Å². The molecule has 0 radical (unpaired) electrons. The number of ketones is 1. The summed E-state index contributed by atoms with van der Waals surface area (Å²) in [5.41, 5.74) is 0. The average Bonchev–Trinajstić information content (AvgIpc) is 2.67. The molecule has 1 atom stereocenters. The molecule has 0 spiro atoms. The maximum atomic E-state index is 12.2. The number of Topliss-reactive ketones (excluding diaryl/α,β-unsaturated/α-hetero) is 1. The van der Waals surface area contributed by atoms with Crippen LogP contribution in [-0.2, 0) is 24.5 Å². The first-order valence-electron chi connectivity index (χ1n) is 11.2. The molecule has 0 aliphatic heterocycles. The predicted octanol–water partition coefficient (Wildman–Crippen LogP) is 4.78. The van der Waals surface area contributed by atoms with E-state index in [1.807, 2.05) is 0 Å². The van der Waals surface area contributed by atoms with Gasteiger partial charge in [0.05, 0.1) is 6.42 Å². The minimum Gasteiger partial charge on any atom is -0.481 e. The fourth-order valence-corrected chi connectivity index (χ4v) is 4.33. The number of unbranched alkanes of at least 4 members (excludes halogenated alkanes) is 11. The van der Waals surface area contributed by atoms with Crippen molar-refractivity contribution in [3.8, 4) is 0 Å². The lowest BCUT2D eigenvalue weighted by molar-refractivity contribution is -0.150. The standard InChI is InChI=1S/C22H38O8S/c1-2-3-4-5-6-7-8-9-10-11-12-13-14-15-16-17-19(23)22(21(26)27,18-20(24)25)31(28,29)30/h9-10H,2-8,11-18H2,1H3,(H,24,25)(H,26,27)(H,28,29,30)/b10-9-. The van der Waals surface area contributed by atoms with Crippen molar-refractivity contribution in [3.63, 3.8) is 0 Å². The van der Waals surface area contributed by atoms with Crippen molar-refractivity contribution in [1.82, 2.24) is 0 Å². The molecule has 0 heterocycles. The van der Waals surface area contributed by atoms with Crippen LogP contribution in [0.3, 0.4) is 0 Å². The summed E-state index contributed by atoms with van der Waals surface area (Å²) in [5, 5.41) is 18.0. The van der Waals surface area contributed by atoms with Crippen LogP contribution >= 0.6 is 0 Å². The highest BCUT2D eigenvalue weighted by Gasteiger charge is 2.58. The molecule has 0 aromatic rings. The quantitative estimate of drug-likeness (QED) is 0.101. The van der Waals surface area contributed by atoms with Crippen LogP contribution in [0.2, 0.25) is 0 Å². The number of rotatable bonds is 20. The fourth-order valence-electron chi connectivity index (χ4n) is 3.41. The third kappa shape index (κ3) is 11.4. The van der Waals surface area contributed by atoms with Gasteiger partial charge < -0.3 is 10.2 Å². The van der Waals surface area contributed by atoms with Crippen LogP contribution in [0.5, 0.6) is 0 Å². The Bertz CT molecular complexity index is 684. The normalized spacial score (nSPS) is 13.9. The Kier molecular flexibility index (Phi) is 15.1. The van der Waals surface area contributed by atoms with Gasteiger partial charge in [0.25, 0.3) is 14.9 Å². The molecule has 0 aromatic heterocycles. The molecular weight excluding hydrogens is 424 g/mol. The first-order valence-corrected chi connectivity index (χ1v) is 12.6. The summed E-state index contributed by atoms with van der Waals surface area (Å²) >= 11 is 0. The van der Waals surface area contributed by atoms with Crippen molar-refractivity contribution in [2.45, 2.75) is 108 Å². The van der Waals surface area contributed by atoms with Gasteiger partial charge in [0.2, 0.25) is 0 Å². The maximum absolute atomic E-state index is 12.2. The van der Waals surface area contributed by atoms with Gasteiger partial charge in [0.1, 0.15) is 0 Å². The van der Waals surface area contributed by atoms with Gasteiger partial charge in [0, 0.05) is 6.42 Å². The Labute approximate surface area is 185 Å². The molecule has 0 aliphatic rings. The molecule has 1 unspecified atom stereocenters. The zero-order valence-electron chi connectivity index (χ0n) is 18.6. The first-order chi connectivity index (χ1) is 14.6. The van der Waals surface area contributed by atoms with Gasteiger partial charge in [-0.15, -0.1) is 0 Å². The largest absolute Gasteiger partial charge is 0.481 e. The number of hydrogen-bond donors (Lipinski definition) is 3. The number of aliphatic carboxylic acids is 2. The minimum atomic E-state index is -5.43. The van der Waals surface area contributed by atoms with E-state index in [-0.39, 0.29) is 6.42 Å². The van der Waals surface area contributed by atoms with Crippen LogP contribution in [0.15, 0.2) is 12.2 Å². The zero-order chi connectivity index (χ0) is 23.8. The van der Waals surface area contributed by atoms with Gasteiger partial charge >= 0.3 is 11.9 Å². The monoisotopic (exact) mass is 462 g/mol. The summed E-state index contributed by atoms with van der Waals surface area (Å²) in [6, 6.07) is 0. The lowest BCUT2D eigenvalue weighted by atomic mass is 9.94. The predicted molar refractivity (Wildman–Crippen MR) is 119 cm³/mol. The molecule has 180 valence electrons. The molecule has 0 aliphatic carbocycles. The second-order valence-corrected chi connectivity index (χ2v) is 9.58. The van der Waals surface area contributed by atoms with Gasteiger partial charge in [-0.05, 0) is 32.1 Å². The lowest BCUT2D eigenvalue weighted by Crippen LogP contribution is -2.54. The molecule has 8 nitrogen and oxygen atoms in total. The number of carbonyl (C=O) groups excluding carboxylic acids is 1. The van der Waals surface area contributed by atoms with Crippen LogP contribution in [0.4, 0.5) is 0 Å². The van der Waals surface area contributed by atoms with E-state index in [2.05, 4.69) is 19.1 Å². The molecule has 3 N–H and O–H groups in total. The zero-order valence-corrected chi connectivity index (χ0v) is 19.4. The molecule has 0 fully saturated rings. The Hall–Kier alpha value is -1.74. The summed E-state index contributed by atoms with van der Waals surface area (Å²) < 4.78 is 28.9. The van der Waals surface area contributed by atoms with E-state index in [4.69, 9.17) is 5.11 Å². The Morgan fingerprint density at radius 3 is 1.65 bits per heavy atom. The van der Waals surface area contributed by atoms with Crippen molar-refractivity contribution >= 4 is 27.8 Å². The van der Waals surface area contributed by atoms with E-state index in [1.165, 1.54) is 38.5 Å². The molecule has 0 saturated heterocycles. The molecule has 31 heavy (non-hydrogen) atoms. The molecule has 9 heteroatoms. The number of carboxylic acid groups (broad SMARTS) is 2. The highest BCUT2D eigenvalue weighted by atomic mass is 32.2. The van der Waals surface area contributed by atoms with E-state index in [1.54, 1.807) is 0 Å². The van der Waals surface area contributed by atoms with E-state index in [9.17, 15) is 32.5 Å². The summed E-state index contributed by atoms with van der Waals surface area (Å²) in [5.74, 6) is -5.27. The minimum absolute atomic E-state index is 0.233. The Balaban J connectivity index is 4.11. The third-order valence-corrected chi connectivity index (χ3v) is 6.73. The SMILES string of the molecule is CCCCCCCC/C=C\CCCCCCCC(=O)C(CC(=O)O)(C(=O)O)S(=O)(=O)O. The number of carbonyl (C=O) groups is 3. The van der Waals surface area contributed by atoms with Gasteiger partial charge in [-0.1, -0.05) is 70.4 Å². The molecule has 0 amide bonds. The van der Waals surface area contributed by atoms with Gasteiger partial charge in [-0.25, -0.2) is 4.79 Å². The first kappa shape index (κ1) is 29.3. The maximum Gasteiger partial charge on any atom is 0.335 e. The number of allylic oxidation sites excluding steroid dienone is 2. The van der Waals surface area contributed by atoms with Gasteiger partial charge in [-0.2, -0.15) is 8.42 Å². The molecule has 0 aromatic carbocycles. The van der Waals surface area contributed by atoms with Gasteiger partial charge in [0.15, 0.2) is 5.78 Å². The van der Waals surface area contributed by atoms with Crippen molar-refractivity contribution in [2.75, 3.05) is 0 Å². The molecular formula is C22H38O8S. The second-order valence-electron chi connectivity index (χ2n) is 7.94. The highest BCUT2D eigenvalue weighted by molar-refractivity contribution is 7.89. The van der Waals surface area contributed by atoms with Crippen LogP contribution in [0.1, 0.15) is 103 Å². The van der Waals surface area contributed by atoms with E-state index in [0.29, 0.717) is 6.42 Å². The lowest BCUT2D eigenvalue weighted by Gasteiger charge is -2.22. The number of carboxylic acids is 2. The van der Waals surface area contributed by atoms with Crippen molar-refractivity contribution in [1.29, 1.82) is 0 Å². The Morgan fingerprint density at radius 1 is 0.774 bits per heavy atom. The summed E-state index contributed by atoms with van der Waals surface area (Å²) in [6.45, 7) is 2.21. The molecule has 0 saturated carbocycles. The van der Waals surface area contributed by atoms with Crippen LogP contribution < -0.4 is 0 Å². The molecule has 0 bridgehead atoms. The Morgan fingerprint density at radius 2 is 1.23 bits per heavy atom. The van der Waals surface area contributed by atoms with Gasteiger partial charge in [-0.3, -0.25) is 14.1 Å². The fraction of sp³-hybridized carbons (Fsp3) is 0.773. The van der Waals surface area contributed by atoms with Crippen molar-refractivity contribution in [2.24, 2.45) is 0 Å². The molecule has 0 rings (SSSR count). The van der Waals surface area contributed by atoms with Crippen LogP contribution in [0, 0.1) is 0 Å². The summed E-state index contributed by atoms with van der Waals surface area (Å²) in [6.07, 6.45) is 15.7. The highest BCUT2D eigenvalue weighted by Crippen LogP contribution is 2.26. The van der Waals surface area contributed by atoms with Crippen molar-refractivity contribution < 1.29 is 37.6 Å². The second kappa shape index (κ2) is 16.0. The average molecular weight is 463 g/mol. The topological polar surface area (TPSA) is 146 Å². The van der Waals surface area contributed by atoms with Crippen LogP contribution in [0.25, 0.3) is 0 Å². The van der Waals surface area contributed by atoms with E-state index >= 15 is 0 Å². The van der Waals surface area contributed by atoms with E-state index in [0.717, 1.165) is 32.1 Å². The van der Waals surface area contributed by atoms with E-state index < -0.39 is 45.4 Å². The van der Waals surface area contributed by atoms with Crippen molar-refractivity contribution in [3.05, 3.63) is 12.2 Å².